The number of likely N-dealkylation sites (tertiary alicyclic amines) is 1. The molecule has 40 heavy (non-hydrogen) atoms. The summed E-state index contributed by atoms with van der Waals surface area (Å²) < 4.78 is 20.9. The highest BCUT2D eigenvalue weighted by molar-refractivity contribution is 6.31. The molecule has 0 radical (unpaired) electrons. The fourth-order valence-electron chi connectivity index (χ4n) is 5.38. The third-order valence-electron chi connectivity index (χ3n) is 7.63. The number of imidazole rings is 1. The topological polar surface area (TPSA) is 102 Å². The van der Waals surface area contributed by atoms with Crippen LogP contribution in [0.1, 0.15) is 34.3 Å². The van der Waals surface area contributed by atoms with Gasteiger partial charge in [-0.25, -0.2) is 14.2 Å². The minimum Gasteiger partial charge on any atom is -0.446 e. The molecule has 2 aliphatic rings. The van der Waals surface area contributed by atoms with Crippen molar-refractivity contribution in [1.29, 1.82) is 0 Å². The Labute approximate surface area is 234 Å². The number of ether oxygens (including phenoxy) is 1. The zero-order valence-electron chi connectivity index (χ0n) is 21.9. The summed E-state index contributed by atoms with van der Waals surface area (Å²) in [5.41, 5.74) is -0.328. The van der Waals surface area contributed by atoms with E-state index in [-0.39, 0.29) is 28.3 Å². The molecule has 206 valence electrons. The number of carbonyl (C=O) groups is 2. The number of nitrogens with zero attached hydrogens (tertiary/aromatic N) is 4. The van der Waals surface area contributed by atoms with Crippen molar-refractivity contribution in [2.45, 2.75) is 24.7 Å². The molecule has 2 N–H and O–H groups in total. The summed E-state index contributed by atoms with van der Waals surface area (Å²) in [6.07, 6.45) is 0.851. The number of carbonyl (C=O) groups excluding carboxylic acids is 2. The van der Waals surface area contributed by atoms with Crippen molar-refractivity contribution in [2.75, 3.05) is 37.0 Å². The first-order chi connectivity index (χ1) is 19.2. The molecule has 9 nitrogen and oxygen atoms in total. The molecule has 0 saturated carbocycles. The van der Waals surface area contributed by atoms with Crippen LogP contribution in [0.2, 0.25) is 5.02 Å². The average molecular weight is 564 g/mol. The molecule has 0 spiro atoms. The number of H-pyrrole nitrogens is 1. The third-order valence-corrected chi connectivity index (χ3v) is 7.92. The van der Waals surface area contributed by atoms with Crippen molar-refractivity contribution in [3.8, 4) is 0 Å². The quantitative estimate of drug-likeness (QED) is 0.367. The largest absolute Gasteiger partial charge is 0.446 e. The number of hydrogen-bond acceptors (Lipinski definition) is 6. The van der Waals surface area contributed by atoms with Gasteiger partial charge in [-0.15, -0.1) is 0 Å². The summed E-state index contributed by atoms with van der Waals surface area (Å²) in [4.78, 5) is 38.5. The van der Waals surface area contributed by atoms with Gasteiger partial charge in [0.05, 0.1) is 21.7 Å². The Morgan fingerprint density at radius 2 is 1.93 bits per heavy atom. The van der Waals surface area contributed by atoms with E-state index in [1.165, 1.54) is 23.1 Å². The number of fused-ring (bicyclic) bond motifs is 2. The molecular weight excluding hydrogens is 537 g/mol. The predicted octanol–water partition coefficient (Wildman–Crippen LogP) is 4.88. The number of rotatable bonds is 4. The van der Waals surface area contributed by atoms with Gasteiger partial charge in [0, 0.05) is 36.8 Å². The number of anilines is 2. The van der Waals surface area contributed by atoms with Crippen molar-refractivity contribution in [2.24, 2.45) is 0 Å². The molecular formula is C29H27ClFN5O4. The molecule has 4 aromatic rings. The SMILES string of the molecule is CN1CCC(OC(=O)N(C)c2nc3ccc(C4(O)c5ccccc5C(=O)N4c4cccc(Cl)c4F)cc3[nH]2)CC1. The summed E-state index contributed by atoms with van der Waals surface area (Å²) in [6.45, 7) is 1.72. The minimum absolute atomic E-state index is 0.155. The number of nitrogens with one attached hydrogen (secondary N) is 1. The molecule has 6 rings (SSSR count). The van der Waals surface area contributed by atoms with Crippen LogP contribution < -0.4 is 9.80 Å². The van der Waals surface area contributed by atoms with Gasteiger partial charge in [-0.3, -0.25) is 14.6 Å². The highest BCUT2D eigenvalue weighted by Gasteiger charge is 2.51. The van der Waals surface area contributed by atoms with Crippen LogP contribution in [0.5, 0.6) is 0 Å². The standard InChI is InChI=1S/C29H27ClFN5O4/c1-34-14-12-18(13-15-34)40-28(38)35(2)27-32-22-11-10-17(16-23(22)33-27)29(39)20-7-4-3-6-19(20)26(37)36(29)24-9-5-8-21(30)25(24)31/h3-11,16,18,39H,12-15H2,1-2H3,(H,32,33). The van der Waals surface area contributed by atoms with Crippen molar-refractivity contribution in [3.63, 3.8) is 0 Å². The molecule has 1 fully saturated rings. The average Bonchev–Trinajstić information content (AvgIpc) is 3.48. The van der Waals surface area contributed by atoms with Gasteiger partial charge in [0.25, 0.3) is 5.91 Å². The number of amides is 2. The smallest absolute Gasteiger partial charge is 0.416 e. The van der Waals surface area contributed by atoms with Gasteiger partial charge in [0.2, 0.25) is 5.95 Å². The lowest BCUT2D eigenvalue weighted by atomic mass is 9.93. The number of aromatic amines is 1. The van der Waals surface area contributed by atoms with Crippen molar-refractivity contribution >= 4 is 46.3 Å². The van der Waals surface area contributed by atoms with E-state index in [9.17, 15) is 14.7 Å². The Balaban J connectivity index is 1.37. The molecule has 3 aromatic carbocycles. The molecule has 11 heteroatoms. The Morgan fingerprint density at radius 3 is 2.70 bits per heavy atom. The van der Waals surface area contributed by atoms with Crippen molar-refractivity contribution in [1.82, 2.24) is 14.9 Å². The van der Waals surface area contributed by atoms with E-state index < -0.39 is 23.5 Å². The Hall–Kier alpha value is -3.99. The molecule has 1 unspecified atom stereocenters. The van der Waals surface area contributed by atoms with Crippen LogP contribution in [0.15, 0.2) is 60.7 Å². The molecule has 1 atom stereocenters. The third kappa shape index (κ3) is 4.19. The highest BCUT2D eigenvalue weighted by Crippen LogP contribution is 2.46. The summed E-state index contributed by atoms with van der Waals surface area (Å²) in [5.74, 6) is -1.13. The van der Waals surface area contributed by atoms with Gasteiger partial charge in [0.15, 0.2) is 11.5 Å². The minimum atomic E-state index is -2.04. The number of piperidine rings is 1. The van der Waals surface area contributed by atoms with Gasteiger partial charge in [-0.05, 0) is 50.2 Å². The molecule has 1 saturated heterocycles. The van der Waals surface area contributed by atoms with E-state index in [0.717, 1.165) is 30.8 Å². The molecule has 1 aromatic heterocycles. The predicted molar refractivity (Wildman–Crippen MR) is 149 cm³/mol. The Kier molecular flexibility index (Phi) is 6.48. The van der Waals surface area contributed by atoms with E-state index in [1.54, 1.807) is 49.5 Å². The number of benzene rings is 3. The normalized spacial score (nSPS) is 19.7. The summed E-state index contributed by atoms with van der Waals surface area (Å²) >= 11 is 6.04. The zero-order valence-corrected chi connectivity index (χ0v) is 22.7. The van der Waals surface area contributed by atoms with Gasteiger partial charge in [-0.2, -0.15) is 0 Å². The lowest BCUT2D eigenvalue weighted by Crippen LogP contribution is -2.45. The number of aliphatic hydroxyl groups is 1. The molecule has 2 amide bonds. The number of aromatic nitrogens is 2. The number of hydrogen-bond donors (Lipinski definition) is 2. The lowest BCUT2D eigenvalue weighted by molar-refractivity contribution is 0.0621. The number of halogens is 2. The van der Waals surface area contributed by atoms with Crippen LogP contribution in [0.3, 0.4) is 0 Å². The Bertz CT molecular complexity index is 1640. The first kappa shape index (κ1) is 26.2. The molecule has 2 aliphatic heterocycles. The van der Waals surface area contributed by atoms with E-state index in [2.05, 4.69) is 14.9 Å². The van der Waals surface area contributed by atoms with Crippen LogP contribution in [0.4, 0.5) is 20.8 Å². The fraction of sp³-hybridized carbons (Fsp3) is 0.276. The van der Waals surface area contributed by atoms with E-state index in [1.807, 2.05) is 7.05 Å². The first-order valence-electron chi connectivity index (χ1n) is 12.9. The molecule has 0 bridgehead atoms. The van der Waals surface area contributed by atoms with Crippen molar-refractivity contribution in [3.05, 3.63) is 88.2 Å². The van der Waals surface area contributed by atoms with Gasteiger partial charge >= 0.3 is 6.09 Å². The lowest BCUT2D eigenvalue weighted by Gasteiger charge is -2.35. The van der Waals surface area contributed by atoms with Gasteiger partial charge in [0.1, 0.15) is 6.10 Å². The van der Waals surface area contributed by atoms with Crippen molar-refractivity contribution < 1.29 is 23.8 Å². The first-order valence-corrected chi connectivity index (χ1v) is 13.3. The van der Waals surface area contributed by atoms with Gasteiger partial charge in [-0.1, -0.05) is 41.9 Å². The molecule has 0 aliphatic carbocycles. The second-order valence-corrected chi connectivity index (χ2v) is 10.6. The van der Waals surface area contributed by atoms with E-state index >= 15 is 4.39 Å². The van der Waals surface area contributed by atoms with Crippen LogP contribution in [0.25, 0.3) is 11.0 Å². The highest BCUT2D eigenvalue weighted by atomic mass is 35.5. The second kappa shape index (κ2) is 9.88. The molecule has 3 heterocycles. The van der Waals surface area contributed by atoms with E-state index in [4.69, 9.17) is 16.3 Å². The summed E-state index contributed by atoms with van der Waals surface area (Å²) in [6, 6.07) is 15.8. The van der Waals surface area contributed by atoms with Crippen LogP contribution >= 0.6 is 11.6 Å². The maximum Gasteiger partial charge on any atom is 0.416 e. The summed E-state index contributed by atoms with van der Waals surface area (Å²) in [5, 5.41) is 12.1. The maximum atomic E-state index is 15.2. The van der Waals surface area contributed by atoms with E-state index in [0.29, 0.717) is 22.2 Å². The second-order valence-electron chi connectivity index (χ2n) is 10.2. The maximum absolute atomic E-state index is 15.2. The fourth-order valence-corrected chi connectivity index (χ4v) is 5.55. The van der Waals surface area contributed by atoms with Crippen LogP contribution in [-0.2, 0) is 10.5 Å². The van der Waals surface area contributed by atoms with Gasteiger partial charge < -0.3 is 19.7 Å². The monoisotopic (exact) mass is 563 g/mol. The zero-order chi connectivity index (χ0) is 28.2. The van der Waals surface area contributed by atoms with Crippen LogP contribution in [-0.4, -0.2) is 65.3 Å². The van der Waals surface area contributed by atoms with Crippen LogP contribution in [0, 0.1) is 5.82 Å². The Morgan fingerprint density at radius 1 is 1.18 bits per heavy atom. The summed E-state index contributed by atoms with van der Waals surface area (Å²) in [7, 11) is 3.60.